The normalized spacial score (nSPS) is 9.79. The average molecular weight is 250 g/mol. The van der Waals surface area contributed by atoms with Crippen LogP contribution in [0.1, 0.15) is 12.1 Å². The Morgan fingerprint density at radius 1 is 1.43 bits per heavy atom. The number of H-pyrrole nitrogens is 1. The molecule has 0 atom stereocenters. The van der Waals surface area contributed by atoms with Crippen molar-refractivity contribution >= 4 is 26.8 Å². The van der Waals surface area contributed by atoms with Crippen LogP contribution in [0.2, 0.25) is 0 Å². The lowest BCUT2D eigenvalue weighted by atomic mass is 10.2. The first kappa shape index (κ1) is 9.22. The molecule has 2 heterocycles. The van der Waals surface area contributed by atoms with Crippen molar-refractivity contribution in [3.63, 3.8) is 0 Å². The van der Waals surface area contributed by atoms with Gasteiger partial charge in [-0.3, -0.25) is 5.10 Å². The fourth-order valence-electron chi connectivity index (χ4n) is 1.11. The molecule has 14 heavy (non-hydrogen) atoms. The first-order valence-electron chi connectivity index (χ1n) is 4.24. The van der Waals surface area contributed by atoms with Gasteiger partial charge in [0, 0.05) is 17.1 Å². The molecule has 0 fully saturated rings. The summed E-state index contributed by atoms with van der Waals surface area (Å²) in [6, 6.07) is 1.93. The highest BCUT2D eigenvalue weighted by molar-refractivity contribution is 9.09. The molecule has 0 aliphatic rings. The molecule has 0 aliphatic carbocycles. The number of aromatic nitrogens is 3. The summed E-state index contributed by atoms with van der Waals surface area (Å²) in [5.74, 6) is 6.01. The summed E-state index contributed by atoms with van der Waals surface area (Å²) in [7, 11) is 0. The van der Waals surface area contributed by atoms with E-state index in [0.717, 1.165) is 28.3 Å². The quantitative estimate of drug-likeness (QED) is 0.622. The van der Waals surface area contributed by atoms with Gasteiger partial charge >= 0.3 is 0 Å². The summed E-state index contributed by atoms with van der Waals surface area (Å²) >= 11 is 3.32. The Hall–Kier alpha value is -1.34. The van der Waals surface area contributed by atoms with Crippen LogP contribution >= 0.6 is 15.9 Å². The van der Waals surface area contributed by atoms with Gasteiger partial charge in [0.25, 0.3) is 0 Å². The van der Waals surface area contributed by atoms with Crippen LogP contribution in [0, 0.1) is 11.8 Å². The maximum atomic E-state index is 4.19. The van der Waals surface area contributed by atoms with Crippen molar-refractivity contribution in [2.45, 2.75) is 6.42 Å². The Morgan fingerprint density at radius 2 is 2.36 bits per heavy atom. The van der Waals surface area contributed by atoms with Crippen LogP contribution in [-0.4, -0.2) is 20.5 Å². The zero-order chi connectivity index (χ0) is 9.80. The number of nitrogens with zero attached hydrogens (tertiary/aromatic N) is 2. The summed E-state index contributed by atoms with van der Waals surface area (Å²) < 4.78 is 0. The largest absolute Gasteiger partial charge is 0.276 e. The van der Waals surface area contributed by atoms with Gasteiger partial charge in [-0.05, 0) is 12.0 Å². The van der Waals surface area contributed by atoms with Gasteiger partial charge in [-0.1, -0.05) is 21.9 Å². The van der Waals surface area contributed by atoms with E-state index in [1.165, 1.54) is 0 Å². The minimum Gasteiger partial charge on any atom is -0.276 e. The van der Waals surface area contributed by atoms with Crippen LogP contribution in [0.15, 0.2) is 18.5 Å². The molecule has 0 aromatic carbocycles. The van der Waals surface area contributed by atoms with Crippen LogP contribution in [0.3, 0.4) is 0 Å². The Bertz CT molecular complexity index is 493. The zero-order valence-electron chi connectivity index (χ0n) is 7.42. The lowest BCUT2D eigenvalue weighted by molar-refractivity contribution is 1.11. The number of pyridine rings is 1. The lowest BCUT2D eigenvalue weighted by Crippen LogP contribution is -1.81. The van der Waals surface area contributed by atoms with E-state index in [9.17, 15) is 0 Å². The molecule has 0 bridgehead atoms. The number of rotatable bonds is 1. The van der Waals surface area contributed by atoms with Crippen molar-refractivity contribution in [1.82, 2.24) is 15.2 Å². The third-order valence-electron chi connectivity index (χ3n) is 1.76. The highest BCUT2D eigenvalue weighted by atomic mass is 79.9. The second kappa shape index (κ2) is 4.25. The van der Waals surface area contributed by atoms with E-state index in [-0.39, 0.29) is 0 Å². The summed E-state index contributed by atoms with van der Waals surface area (Å²) in [6.45, 7) is 0. The van der Waals surface area contributed by atoms with E-state index < -0.39 is 0 Å². The first-order chi connectivity index (χ1) is 6.90. The topological polar surface area (TPSA) is 41.6 Å². The molecule has 3 nitrogen and oxygen atoms in total. The monoisotopic (exact) mass is 249 g/mol. The van der Waals surface area contributed by atoms with Crippen LogP contribution in [-0.2, 0) is 0 Å². The Morgan fingerprint density at radius 3 is 3.21 bits per heavy atom. The number of fused-ring (bicyclic) bond motifs is 1. The number of hydrogen-bond acceptors (Lipinski definition) is 2. The molecule has 0 aliphatic heterocycles. The number of halogens is 1. The third-order valence-corrected chi connectivity index (χ3v) is 2.16. The van der Waals surface area contributed by atoms with Gasteiger partial charge in [0.1, 0.15) is 5.69 Å². The van der Waals surface area contributed by atoms with Gasteiger partial charge < -0.3 is 0 Å². The average Bonchev–Trinajstić information content (AvgIpc) is 2.65. The Balaban J connectivity index is 2.31. The van der Waals surface area contributed by atoms with Crippen LogP contribution in [0.5, 0.6) is 0 Å². The van der Waals surface area contributed by atoms with Gasteiger partial charge in [-0.2, -0.15) is 5.10 Å². The molecule has 1 N–H and O–H groups in total. The molecule has 0 unspecified atom stereocenters. The minimum atomic E-state index is 0.792. The van der Waals surface area contributed by atoms with Gasteiger partial charge in [0.15, 0.2) is 0 Å². The maximum Gasteiger partial charge on any atom is 0.113 e. The molecular formula is C10H8BrN3. The first-order valence-corrected chi connectivity index (χ1v) is 5.36. The van der Waals surface area contributed by atoms with E-state index in [1.807, 2.05) is 6.07 Å². The van der Waals surface area contributed by atoms with Crippen molar-refractivity contribution in [2.75, 3.05) is 5.33 Å². The molecule has 0 radical (unpaired) electrons. The second-order valence-electron chi connectivity index (χ2n) is 2.77. The van der Waals surface area contributed by atoms with Crippen molar-refractivity contribution < 1.29 is 0 Å². The fourth-order valence-corrected chi connectivity index (χ4v) is 1.31. The predicted molar refractivity (Wildman–Crippen MR) is 59.2 cm³/mol. The molecule has 0 saturated carbocycles. The highest BCUT2D eigenvalue weighted by Gasteiger charge is 1.95. The number of alkyl halides is 1. The van der Waals surface area contributed by atoms with E-state index >= 15 is 0 Å². The van der Waals surface area contributed by atoms with E-state index in [4.69, 9.17) is 0 Å². The fraction of sp³-hybridized carbons (Fsp3) is 0.200. The zero-order valence-corrected chi connectivity index (χ0v) is 9.00. The summed E-state index contributed by atoms with van der Waals surface area (Å²) in [6.07, 6.45) is 4.36. The Labute approximate surface area is 90.1 Å². The predicted octanol–water partition coefficient (Wildman–Crippen LogP) is 2.09. The summed E-state index contributed by atoms with van der Waals surface area (Å²) in [5, 5.41) is 8.71. The summed E-state index contributed by atoms with van der Waals surface area (Å²) in [5.41, 5.74) is 1.73. The van der Waals surface area contributed by atoms with Crippen LogP contribution < -0.4 is 0 Å². The molecule has 70 valence electrons. The van der Waals surface area contributed by atoms with Crippen molar-refractivity contribution in [1.29, 1.82) is 0 Å². The molecule has 0 amide bonds. The molecular weight excluding hydrogens is 242 g/mol. The second-order valence-corrected chi connectivity index (χ2v) is 3.56. The van der Waals surface area contributed by atoms with Gasteiger partial charge in [0.05, 0.1) is 17.9 Å². The molecule has 2 rings (SSSR count). The Kier molecular flexibility index (Phi) is 2.80. The molecule has 2 aromatic heterocycles. The van der Waals surface area contributed by atoms with Crippen LogP contribution in [0.25, 0.3) is 10.9 Å². The summed E-state index contributed by atoms with van der Waals surface area (Å²) in [4.78, 5) is 4.19. The van der Waals surface area contributed by atoms with E-state index in [2.05, 4.69) is 43.0 Å². The maximum absolute atomic E-state index is 4.19. The number of nitrogens with one attached hydrogen (secondary N) is 1. The lowest BCUT2D eigenvalue weighted by Gasteiger charge is -1.89. The molecule has 0 spiro atoms. The number of hydrogen-bond donors (Lipinski definition) is 1. The minimum absolute atomic E-state index is 0.792. The third kappa shape index (κ3) is 1.94. The van der Waals surface area contributed by atoms with E-state index in [0.29, 0.717) is 0 Å². The molecule has 4 heteroatoms. The molecule has 2 aromatic rings. The van der Waals surface area contributed by atoms with Crippen LogP contribution in [0.4, 0.5) is 0 Å². The van der Waals surface area contributed by atoms with Gasteiger partial charge in [-0.25, -0.2) is 4.98 Å². The smallest absolute Gasteiger partial charge is 0.113 e. The standard InChI is InChI=1S/C10H8BrN3/c11-4-2-1-3-9-5-8-6-13-14-10(8)7-12-9/h5-7H,2,4H2,(H,13,14). The van der Waals surface area contributed by atoms with Crippen molar-refractivity contribution in [3.8, 4) is 11.8 Å². The van der Waals surface area contributed by atoms with E-state index in [1.54, 1.807) is 12.4 Å². The molecule has 0 saturated heterocycles. The van der Waals surface area contributed by atoms with Gasteiger partial charge in [0.2, 0.25) is 0 Å². The van der Waals surface area contributed by atoms with Crippen molar-refractivity contribution in [3.05, 3.63) is 24.2 Å². The van der Waals surface area contributed by atoms with Crippen molar-refractivity contribution in [2.24, 2.45) is 0 Å². The van der Waals surface area contributed by atoms with Gasteiger partial charge in [-0.15, -0.1) is 0 Å². The number of aromatic amines is 1. The highest BCUT2D eigenvalue weighted by Crippen LogP contribution is 2.09. The SMILES string of the molecule is BrCCC#Cc1cc2cn[nH]c2cn1.